The van der Waals surface area contributed by atoms with Gasteiger partial charge in [-0.15, -0.1) is 24.0 Å². The molecule has 1 atom stereocenters. The van der Waals surface area contributed by atoms with E-state index in [1.807, 2.05) is 45.9 Å². The molecule has 1 aromatic rings. The van der Waals surface area contributed by atoms with Crippen molar-refractivity contribution in [2.45, 2.75) is 52.2 Å². The summed E-state index contributed by atoms with van der Waals surface area (Å²) in [6.07, 6.45) is 1.34. The molecule has 1 rings (SSSR count). The maximum Gasteiger partial charge on any atom is 0.191 e. The Morgan fingerprint density at radius 2 is 1.85 bits per heavy atom. The maximum absolute atomic E-state index is 10.4. The molecule has 0 aliphatic rings. The van der Waals surface area contributed by atoms with Crippen molar-refractivity contribution in [1.29, 1.82) is 0 Å². The maximum atomic E-state index is 10.4. The number of halogens is 1. The van der Waals surface area contributed by atoms with Crippen LogP contribution in [0.5, 0.6) is 11.5 Å². The van der Waals surface area contributed by atoms with Crippen LogP contribution in [0.15, 0.2) is 23.2 Å². The summed E-state index contributed by atoms with van der Waals surface area (Å²) in [6.45, 7) is 9.10. The van der Waals surface area contributed by atoms with Crippen LogP contribution in [0.25, 0.3) is 0 Å². The predicted molar refractivity (Wildman–Crippen MR) is 118 cm³/mol. The minimum atomic E-state index is -0.765. The second kappa shape index (κ2) is 12.2. The molecular weight excluding hydrogens is 445 g/mol. The van der Waals surface area contributed by atoms with Crippen molar-refractivity contribution in [3.63, 3.8) is 0 Å². The van der Waals surface area contributed by atoms with Crippen LogP contribution >= 0.6 is 24.0 Å². The first-order chi connectivity index (χ1) is 11.9. The molecule has 0 aliphatic heterocycles. The number of ether oxygens (including phenoxy) is 2. The molecule has 1 aromatic carbocycles. The van der Waals surface area contributed by atoms with Gasteiger partial charge in [-0.05, 0) is 44.9 Å². The van der Waals surface area contributed by atoms with Crippen molar-refractivity contribution in [3.05, 3.63) is 23.8 Å². The highest BCUT2D eigenvalue weighted by Crippen LogP contribution is 2.29. The van der Waals surface area contributed by atoms with Crippen molar-refractivity contribution >= 4 is 29.9 Å². The Morgan fingerprint density at radius 1 is 1.19 bits per heavy atom. The summed E-state index contributed by atoms with van der Waals surface area (Å²) >= 11 is 0. The number of hydrogen-bond donors (Lipinski definition) is 3. The van der Waals surface area contributed by atoms with Gasteiger partial charge in [0.2, 0.25) is 0 Å². The van der Waals surface area contributed by atoms with Gasteiger partial charge in [0.1, 0.15) is 11.5 Å². The Labute approximate surface area is 174 Å². The highest BCUT2D eigenvalue weighted by atomic mass is 127. The van der Waals surface area contributed by atoms with Gasteiger partial charge >= 0.3 is 0 Å². The van der Waals surface area contributed by atoms with Crippen molar-refractivity contribution in [1.82, 2.24) is 10.6 Å². The first-order valence-electron chi connectivity index (χ1n) is 8.92. The number of hydrogen-bond acceptors (Lipinski definition) is 4. The molecule has 6 nitrogen and oxygen atoms in total. The van der Waals surface area contributed by atoms with Crippen LogP contribution in [0.4, 0.5) is 0 Å². The minimum Gasteiger partial charge on any atom is -0.497 e. The molecule has 1 unspecified atom stereocenters. The topological polar surface area (TPSA) is 75.1 Å². The minimum absolute atomic E-state index is 0. The number of nitrogens with one attached hydrogen (secondary N) is 2. The van der Waals surface area contributed by atoms with E-state index >= 15 is 0 Å². The molecule has 0 heterocycles. The quantitative estimate of drug-likeness (QED) is 0.287. The number of guanidine groups is 1. The van der Waals surface area contributed by atoms with E-state index in [0.717, 1.165) is 23.6 Å². The van der Waals surface area contributed by atoms with Crippen molar-refractivity contribution < 1.29 is 14.6 Å². The zero-order valence-corrected chi connectivity index (χ0v) is 19.1. The van der Waals surface area contributed by atoms with Gasteiger partial charge in [-0.1, -0.05) is 13.8 Å². The number of nitrogens with zero attached hydrogens (tertiary/aromatic N) is 1. The molecule has 0 radical (unpaired) electrons. The predicted octanol–water partition coefficient (Wildman–Crippen LogP) is 3.49. The monoisotopic (exact) mass is 479 g/mol. The Morgan fingerprint density at radius 3 is 2.35 bits per heavy atom. The number of aliphatic imine (C=N–C) groups is 1. The lowest BCUT2D eigenvalue weighted by Crippen LogP contribution is -2.41. The van der Waals surface area contributed by atoms with Crippen molar-refractivity contribution in [3.8, 4) is 11.5 Å². The molecule has 26 heavy (non-hydrogen) atoms. The molecule has 7 heteroatoms. The summed E-state index contributed by atoms with van der Waals surface area (Å²) in [5.74, 6) is 2.23. The third-order valence-electron chi connectivity index (χ3n) is 4.45. The Bertz CT molecular complexity index is 563. The van der Waals surface area contributed by atoms with Crippen LogP contribution in [0, 0.1) is 0 Å². The fraction of sp³-hybridized carbons (Fsp3) is 0.632. The van der Waals surface area contributed by atoms with Gasteiger partial charge in [0.05, 0.1) is 32.4 Å². The Kier molecular flexibility index (Phi) is 11.6. The average molecular weight is 479 g/mol. The average Bonchev–Trinajstić information content (AvgIpc) is 2.65. The lowest BCUT2D eigenvalue weighted by Gasteiger charge is -2.25. The summed E-state index contributed by atoms with van der Waals surface area (Å²) < 4.78 is 10.8. The van der Waals surface area contributed by atoms with Crippen molar-refractivity contribution in [2.75, 3.05) is 27.3 Å². The van der Waals surface area contributed by atoms with Crippen molar-refractivity contribution in [2.24, 2.45) is 4.99 Å². The molecule has 0 amide bonds. The molecule has 0 saturated heterocycles. The number of methoxy groups -OCH3 is 2. The first kappa shape index (κ1) is 24.8. The lowest BCUT2D eigenvalue weighted by atomic mass is 9.98. The zero-order chi connectivity index (χ0) is 18.9. The molecule has 0 bridgehead atoms. The van der Waals surface area contributed by atoms with E-state index in [0.29, 0.717) is 25.3 Å². The molecule has 0 spiro atoms. The van der Waals surface area contributed by atoms with Crippen LogP contribution in [0.3, 0.4) is 0 Å². The molecule has 3 N–H and O–H groups in total. The van der Waals surface area contributed by atoms with Gasteiger partial charge < -0.3 is 25.2 Å². The fourth-order valence-corrected chi connectivity index (χ4v) is 2.48. The van der Waals surface area contributed by atoms with Gasteiger partial charge in [-0.2, -0.15) is 0 Å². The standard InChI is InChI=1S/C19H33N3O3.HI/c1-7-19(23,8-2)13-21-18(20-9-3)22-14(4)16-12-15(24-5)10-11-17(16)25-6;/h10-12,14,23H,7-9,13H2,1-6H3,(H2,20,21,22);1H. The van der Waals surface area contributed by atoms with E-state index in [2.05, 4.69) is 15.6 Å². The number of rotatable bonds is 9. The van der Waals surface area contributed by atoms with E-state index in [1.54, 1.807) is 14.2 Å². The van der Waals surface area contributed by atoms with Gasteiger partial charge in [0.25, 0.3) is 0 Å². The van der Waals surface area contributed by atoms with Crippen LogP contribution in [-0.4, -0.2) is 44.0 Å². The number of benzene rings is 1. The molecular formula is C19H34IN3O3. The second-order valence-corrected chi connectivity index (χ2v) is 6.10. The summed E-state index contributed by atoms with van der Waals surface area (Å²) in [7, 11) is 3.30. The van der Waals surface area contributed by atoms with E-state index in [-0.39, 0.29) is 30.0 Å². The van der Waals surface area contributed by atoms with Crippen LogP contribution < -0.4 is 20.1 Å². The molecule has 0 saturated carbocycles. The van der Waals surface area contributed by atoms with Gasteiger partial charge in [-0.3, -0.25) is 4.99 Å². The third kappa shape index (κ3) is 7.19. The van der Waals surface area contributed by atoms with E-state index < -0.39 is 5.60 Å². The summed E-state index contributed by atoms with van der Waals surface area (Å²) in [4.78, 5) is 4.56. The first-order valence-corrected chi connectivity index (χ1v) is 8.92. The molecule has 0 aromatic heterocycles. The smallest absolute Gasteiger partial charge is 0.191 e. The summed E-state index contributed by atoms with van der Waals surface area (Å²) in [5.41, 5.74) is 0.216. The van der Waals surface area contributed by atoms with Gasteiger partial charge in [-0.25, -0.2) is 0 Å². The SMILES string of the molecule is CCNC(=NCC(O)(CC)CC)NC(C)c1cc(OC)ccc1OC.I. The van der Waals surface area contributed by atoms with E-state index in [1.165, 1.54) is 0 Å². The number of aliphatic hydroxyl groups is 1. The molecule has 0 fully saturated rings. The second-order valence-electron chi connectivity index (χ2n) is 6.10. The third-order valence-corrected chi connectivity index (χ3v) is 4.45. The highest BCUT2D eigenvalue weighted by molar-refractivity contribution is 14.0. The molecule has 150 valence electrons. The highest BCUT2D eigenvalue weighted by Gasteiger charge is 2.22. The molecule has 0 aliphatic carbocycles. The summed E-state index contributed by atoms with van der Waals surface area (Å²) in [5, 5.41) is 17.0. The van der Waals surface area contributed by atoms with Gasteiger partial charge in [0, 0.05) is 12.1 Å². The Balaban J connectivity index is 0.00000625. The van der Waals surface area contributed by atoms with E-state index in [4.69, 9.17) is 9.47 Å². The van der Waals surface area contributed by atoms with E-state index in [9.17, 15) is 5.11 Å². The van der Waals surface area contributed by atoms with Crippen LogP contribution in [0.2, 0.25) is 0 Å². The zero-order valence-electron chi connectivity index (χ0n) is 16.8. The lowest BCUT2D eigenvalue weighted by molar-refractivity contribution is 0.0417. The van der Waals surface area contributed by atoms with Gasteiger partial charge in [0.15, 0.2) is 5.96 Å². The largest absolute Gasteiger partial charge is 0.497 e. The Hall–Kier alpha value is -1.22. The van der Waals surface area contributed by atoms with Crippen LogP contribution in [0.1, 0.15) is 52.1 Å². The summed E-state index contributed by atoms with van der Waals surface area (Å²) in [6, 6.07) is 5.67. The fourth-order valence-electron chi connectivity index (χ4n) is 2.48. The normalized spacial score (nSPS) is 12.8. The van der Waals surface area contributed by atoms with Crippen LogP contribution in [-0.2, 0) is 0 Å².